The molecule has 0 aliphatic heterocycles. The molecule has 1 rings (SSSR count). The Hall–Kier alpha value is -2.01. The van der Waals surface area contributed by atoms with Gasteiger partial charge in [0.1, 0.15) is 17.5 Å². The summed E-state index contributed by atoms with van der Waals surface area (Å²) in [7, 11) is 0. The Kier molecular flexibility index (Phi) is 3.70. The fourth-order valence-corrected chi connectivity index (χ4v) is 1.39. The predicted octanol–water partition coefficient (Wildman–Crippen LogP) is 1.20. The summed E-state index contributed by atoms with van der Waals surface area (Å²) in [5.41, 5.74) is 6.94. The molecule has 1 heterocycles. The molecular weight excluding hydrogens is 190 g/mol. The molecule has 0 saturated heterocycles. The first-order valence-electron chi connectivity index (χ1n) is 4.86. The van der Waals surface area contributed by atoms with Gasteiger partial charge in [0, 0.05) is 0 Å². The fourth-order valence-electron chi connectivity index (χ4n) is 1.39. The lowest BCUT2D eigenvalue weighted by Crippen LogP contribution is -2.04. The van der Waals surface area contributed by atoms with Crippen LogP contribution in [0.25, 0.3) is 0 Å². The van der Waals surface area contributed by atoms with Crippen LogP contribution in [-0.4, -0.2) is 9.78 Å². The number of hydrogen-bond donors (Lipinski definition) is 1. The Morgan fingerprint density at radius 2 is 2.20 bits per heavy atom. The molecule has 0 aliphatic carbocycles. The third-order valence-corrected chi connectivity index (χ3v) is 2.10. The van der Waals surface area contributed by atoms with E-state index >= 15 is 0 Å². The molecule has 0 saturated carbocycles. The Labute approximate surface area is 88.7 Å². The number of rotatable bonds is 4. The van der Waals surface area contributed by atoms with Gasteiger partial charge in [-0.05, 0) is 6.42 Å². The molecule has 2 N–H and O–H groups in total. The zero-order valence-corrected chi connectivity index (χ0v) is 8.69. The van der Waals surface area contributed by atoms with Crippen molar-refractivity contribution < 1.29 is 0 Å². The van der Waals surface area contributed by atoms with Crippen molar-refractivity contribution in [2.24, 2.45) is 0 Å². The maximum atomic E-state index is 8.92. The SMILES string of the molecule is CCCc1nn(CCC#N)c(N)c1C#N. The lowest BCUT2D eigenvalue weighted by Gasteiger charge is -1.98. The molecule has 0 aromatic carbocycles. The quantitative estimate of drug-likeness (QED) is 0.795. The van der Waals surface area contributed by atoms with E-state index in [0.717, 1.165) is 18.5 Å². The average molecular weight is 203 g/mol. The topological polar surface area (TPSA) is 91.4 Å². The molecule has 5 nitrogen and oxygen atoms in total. The molecule has 78 valence electrons. The zero-order valence-electron chi connectivity index (χ0n) is 8.69. The summed E-state index contributed by atoms with van der Waals surface area (Å²) < 4.78 is 1.53. The van der Waals surface area contributed by atoms with Crippen LogP contribution in [0.1, 0.15) is 31.0 Å². The molecular formula is C10H13N5. The lowest BCUT2D eigenvalue weighted by molar-refractivity contribution is 0.623. The van der Waals surface area contributed by atoms with Crippen molar-refractivity contribution in [1.29, 1.82) is 10.5 Å². The Balaban J connectivity index is 3.00. The monoisotopic (exact) mass is 203 g/mol. The van der Waals surface area contributed by atoms with Crippen LogP contribution in [0, 0.1) is 22.7 Å². The van der Waals surface area contributed by atoms with Crippen LogP contribution in [0.4, 0.5) is 5.82 Å². The van der Waals surface area contributed by atoms with Gasteiger partial charge in [0.05, 0.1) is 24.7 Å². The number of aromatic nitrogens is 2. The Morgan fingerprint density at radius 3 is 2.73 bits per heavy atom. The number of aryl methyl sites for hydroxylation is 2. The summed E-state index contributed by atoms with van der Waals surface area (Å²) in [5.74, 6) is 0.371. The van der Waals surface area contributed by atoms with Gasteiger partial charge in [-0.1, -0.05) is 13.3 Å². The second-order valence-electron chi connectivity index (χ2n) is 3.20. The molecule has 15 heavy (non-hydrogen) atoms. The van der Waals surface area contributed by atoms with Gasteiger partial charge in [0.25, 0.3) is 0 Å². The lowest BCUT2D eigenvalue weighted by atomic mass is 10.2. The van der Waals surface area contributed by atoms with Gasteiger partial charge in [0.2, 0.25) is 0 Å². The number of nitriles is 2. The second kappa shape index (κ2) is 5.02. The highest BCUT2D eigenvalue weighted by Crippen LogP contribution is 2.17. The Bertz CT molecular complexity index is 418. The third kappa shape index (κ3) is 2.26. The van der Waals surface area contributed by atoms with Gasteiger partial charge in [-0.15, -0.1) is 0 Å². The normalized spacial score (nSPS) is 9.53. The van der Waals surface area contributed by atoms with Crippen molar-refractivity contribution in [1.82, 2.24) is 9.78 Å². The fraction of sp³-hybridized carbons (Fsp3) is 0.500. The molecule has 0 spiro atoms. The van der Waals surface area contributed by atoms with Crippen molar-refractivity contribution in [2.75, 3.05) is 5.73 Å². The smallest absolute Gasteiger partial charge is 0.140 e. The van der Waals surface area contributed by atoms with Crippen LogP contribution >= 0.6 is 0 Å². The standard InChI is InChI=1S/C10H13N5/c1-2-4-9-8(7-12)10(13)15(14-9)6-3-5-11/h2-4,6,13H2,1H3. The van der Waals surface area contributed by atoms with Gasteiger partial charge >= 0.3 is 0 Å². The highest BCUT2D eigenvalue weighted by Gasteiger charge is 2.13. The van der Waals surface area contributed by atoms with Crippen molar-refractivity contribution >= 4 is 5.82 Å². The first-order chi connectivity index (χ1) is 7.24. The summed E-state index contributed by atoms with van der Waals surface area (Å²) in [6.07, 6.45) is 2.01. The third-order valence-electron chi connectivity index (χ3n) is 2.10. The van der Waals surface area contributed by atoms with E-state index in [2.05, 4.69) is 11.2 Å². The number of hydrogen-bond acceptors (Lipinski definition) is 4. The summed E-state index contributed by atoms with van der Waals surface area (Å²) in [5, 5.41) is 21.6. The molecule has 0 fully saturated rings. The molecule has 0 bridgehead atoms. The van der Waals surface area contributed by atoms with Crippen LogP contribution in [0.3, 0.4) is 0 Å². The van der Waals surface area contributed by atoms with Crippen LogP contribution in [-0.2, 0) is 13.0 Å². The van der Waals surface area contributed by atoms with Gasteiger partial charge in [0.15, 0.2) is 0 Å². The molecule has 0 atom stereocenters. The van der Waals surface area contributed by atoms with Crippen molar-refractivity contribution in [3.63, 3.8) is 0 Å². The van der Waals surface area contributed by atoms with E-state index in [1.807, 2.05) is 13.0 Å². The summed E-state index contributed by atoms with van der Waals surface area (Å²) in [6.45, 7) is 2.46. The minimum absolute atomic E-state index is 0.350. The van der Waals surface area contributed by atoms with Gasteiger partial charge in [-0.25, -0.2) is 4.68 Å². The number of nitrogens with two attached hydrogens (primary N) is 1. The van der Waals surface area contributed by atoms with E-state index in [0.29, 0.717) is 24.3 Å². The molecule has 1 aromatic heterocycles. The number of anilines is 1. The number of nitrogens with zero attached hydrogens (tertiary/aromatic N) is 4. The maximum Gasteiger partial charge on any atom is 0.140 e. The minimum atomic E-state index is 0.350. The van der Waals surface area contributed by atoms with Crippen molar-refractivity contribution in [2.45, 2.75) is 32.7 Å². The van der Waals surface area contributed by atoms with Gasteiger partial charge < -0.3 is 5.73 Å². The minimum Gasteiger partial charge on any atom is -0.383 e. The number of nitrogen functional groups attached to an aromatic ring is 1. The van der Waals surface area contributed by atoms with Gasteiger partial charge in [-0.2, -0.15) is 15.6 Å². The van der Waals surface area contributed by atoms with E-state index in [9.17, 15) is 0 Å². The van der Waals surface area contributed by atoms with Crippen LogP contribution < -0.4 is 5.73 Å². The molecule has 0 unspecified atom stereocenters. The molecule has 5 heteroatoms. The van der Waals surface area contributed by atoms with Crippen LogP contribution in [0.5, 0.6) is 0 Å². The molecule has 0 amide bonds. The first-order valence-corrected chi connectivity index (χ1v) is 4.86. The van der Waals surface area contributed by atoms with Crippen molar-refractivity contribution in [3.05, 3.63) is 11.3 Å². The molecule has 1 aromatic rings. The summed E-state index contributed by atoms with van der Waals surface area (Å²) >= 11 is 0. The predicted molar refractivity (Wildman–Crippen MR) is 55.6 cm³/mol. The molecule has 0 aliphatic rings. The van der Waals surface area contributed by atoms with E-state index in [4.69, 9.17) is 16.3 Å². The van der Waals surface area contributed by atoms with E-state index in [-0.39, 0.29) is 0 Å². The average Bonchev–Trinajstić information content (AvgIpc) is 2.52. The zero-order chi connectivity index (χ0) is 11.3. The highest BCUT2D eigenvalue weighted by molar-refractivity contribution is 5.52. The first kappa shape index (κ1) is 11.1. The molecule has 0 radical (unpaired) electrons. The van der Waals surface area contributed by atoms with Crippen molar-refractivity contribution in [3.8, 4) is 12.1 Å². The largest absolute Gasteiger partial charge is 0.383 e. The summed E-state index contributed by atoms with van der Waals surface area (Å²) in [6, 6.07) is 4.08. The van der Waals surface area contributed by atoms with Crippen LogP contribution in [0.15, 0.2) is 0 Å². The Morgan fingerprint density at radius 1 is 1.47 bits per heavy atom. The highest BCUT2D eigenvalue weighted by atomic mass is 15.3. The van der Waals surface area contributed by atoms with E-state index in [1.54, 1.807) is 0 Å². The maximum absolute atomic E-state index is 8.92. The van der Waals surface area contributed by atoms with Crippen LogP contribution in [0.2, 0.25) is 0 Å². The summed E-state index contributed by atoms with van der Waals surface area (Å²) in [4.78, 5) is 0. The second-order valence-corrected chi connectivity index (χ2v) is 3.20. The van der Waals surface area contributed by atoms with Gasteiger partial charge in [-0.3, -0.25) is 0 Å². The van der Waals surface area contributed by atoms with E-state index in [1.165, 1.54) is 4.68 Å². The van der Waals surface area contributed by atoms with E-state index < -0.39 is 0 Å².